The average Bonchev–Trinajstić information content (AvgIpc) is 2.69. The third kappa shape index (κ3) is 1.89. The second-order valence-electron chi connectivity index (χ2n) is 4.57. The van der Waals surface area contributed by atoms with Gasteiger partial charge in [0, 0.05) is 16.6 Å². The van der Waals surface area contributed by atoms with Gasteiger partial charge in [0.15, 0.2) is 0 Å². The number of hydrogen-bond donors (Lipinski definition) is 1. The second kappa shape index (κ2) is 4.14. The van der Waals surface area contributed by atoms with Gasteiger partial charge in [-0.2, -0.15) is 0 Å². The Morgan fingerprint density at radius 3 is 2.50 bits per heavy atom. The maximum Gasteiger partial charge on any atom is 0.131 e. The summed E-state index contributed by atoms with van der Waals surface area (Å²) in [6.07, 6.45) is 0. The van der Waals surface area contributed by atoms with Crippen molar-refractivity contribution in [3.05, 3.63) is 52.8 Å². The van der Waals surface area contributed by atoms with E-state index < -0.39 is 0 Å². The van der Waals surface area contributed by atoms with E-state index in [2.05, 4.69) is 47.2 Å². The molecule has 0 aliphatic carbocycles. The smallest absolute Gasteiger partial charge is 0.131 e. The number of pyridine rings is 1. The molecule has 2 nitrogen and oxygen atoms in total. The van der Waals surface area contributed by atoms with E-state index in [-0.39, 0.29) is 0 Å². The van der Waals surface area contributed by atoms with Crippen LogP contribution in [0.2, 0.25) is 5.15 Å². The zero-order valence-electron chi connectivity index (χ0n) is 10.3. The lowest BCUT2D eigenvalue weighted by Gasteiger charge is -2.04. The SMILES string of the molecule is Cc1ccc(-c2nc(Cl)cc3[nH]c(C)cc23)cc1. The van der Waals surface area contributed by atoms with Crippen molar-refractivity contribution in [1.29, 1.82) is 0 Å². The first kappa shape index (κ1) is 11.3. The lowest BCUT2D eigenvalue weighted by molar-refractivity contribution is 1.29. The van der Waals surface area contributed by atoms with Crippen molar-refractivity contribution in [2.45, 2.75) is 13.8 Å². The Hall–Kier alpha value is -1.80. The van der Waals surface area contributed by atoms with Crippen molar-refractivity contribution in [2.75, 3.05) is 0 Å². The molecule has 2 aromatic heterocycles. The molecular formula is C15H13ClN2. The molecule has 0 fully saturated rings. The number of H-pyrrole nitrogens is 1. The Labute approximate surface area is 111 Å². The number of rotatable bonds is 1. The first-order valence-corrected chi connectivity index (χ1v) is 6.24. The zero-order valence-corrected chi connectivity index (χ0v) is 11.0. The van der Waals surface area contributed by atoms with Crippen LogP contribution in [0.1, 0.15) is 11.3 Å². The van der Waals surface area contributed by atoms with Gasteiger partial charge in [-0.1, -0.05) is 41.4 Å². The van der Waals surface area contributed by atoms with Gasteiger partial charge < -0.3 is 4.98 Å². The number of nitrogens with zero attached hydrogens (tertiary/aromatic N) is 1. The molecule has 0 radical (unpaired) electrons. The molecule has 1 aromatic carbocycles. The van der Waals surface area contributed by atoms with Gasteiger partial charge in [-0.05, 0) is 26.0 Å². The minimum atomic E-state index is 0.514. The third-order valence-corrected chi connectivity index (χ3v) is 3.24. The van der Waals surface area contributed by atoms with E-state index in [0.29, 0.717) is 5.15 Å². The van der Waals surface area contributed by atoms with Crippen molar-refractivity contribution >= 4 is 22.5 Å². The zero-order chi connectivity index (χ0) is 12.7. The van der Waals surface area contributed by atoms with Crippen molar-refractivity contribution in [3.63, 3.8) is 0 Å². The normalized spacial score (nSPS) is 11.1. The monoisotopic (exact) mass is 256 g/mol. The predicted octanol–water partition coefficient (Wildman–Crippen LogP) is 4.50. The van der Waals surface area contributed by atoms with E-state index in [0.717, 1.165) is 27.9 Å². The van der Waals surface area contributed by atoms with Gasteiger partial charge in [0.25, 0.3) is 0 Å². The molecule has 0 saturated carbocycles. The van der Waals surface area contributed by atoms with Crippen LogP contribution in [-0.4, -0.2) is 9.97 Å². The molecule has 18 heavy (non-hydrogen) atoms. The van der Waals surface area contributed by atoms with Crippen LogP contribution in [0.4, 0.5) is 0 Å². The molecule has 90 valence electrons. The first-order valence-electron chi connectivity index (χ1n) is 5.86. The fourth-order valence-corrected chi connectivity index (χ4v) is 2.36. The van der Waals surface area contributed by atoms with Gasteiger partial charge in [0.2, 0.25) is 0 Å². The van der Waals surface area contributed by atoms with Crippen LogP contribution < -0.4 is 0 Å². The average molecular weight is 257 g/mol. The van der Waals surface area contributed by atoms with Gasteiger partial charge in [-0.25, -0.2) is 4.98 Å². The van der Waals surface area contributed by atoms with Crippen LogP contribution in [0.5, 0.6) is 0 Å². The maximum absolute atomic E-state index is 6.08. The summed E-state index contributed by atoms with van der Waals surface area (Å²) in [5, 5.41) is 1.63. The quantitative estimate of drug-likeness (QED) is 0.638. The minimum Gasteiger partial charge on any atom is -0.359 e. The fourth-order valence-electron chi connectivity index (χ4n) is 2.17. The van der Waals surface area contributed by atoms with Crippen molar-refractivity contribution in [2.24, 2.45) is 0 Å². The van der Waals surface area contributed by atoms with Crippen LogP contribution in [0, 0.1) is 13.8 Å². The Bertz CT molecular complexity index is 711. The number of benzene rings is 1. The lowest BCUT2D eigenvalue weighted by atomic mass is 10.1. The highest BCUT2D eigenvalue weighted by Crippen LogP contribution is 2.29. The van der Waals surface area contributed by atoms with E-state index in [9.17, 15) is 0 Å². The molecule has 0 saturated heterocycles. The molecule has 0 atom stereocenters. The standard InChI is InChI=1S/C15H13ClN2/c1-9-3-5-11(6-4-9)15-12-7-10(2)17-13(12)8-14(16)18-15/h3-8,17H,1-2H3. The topological polar surface area (TPSA) is 28.7 Å². The number of fused-ring (bicyclic) bond motifs is 1. The molecule has 0 aliphatic rings. The molecular weight excluding hydrogens is 244 g/mol. The van der Waals surface area contributed by atoms with Gasteiger partial charge in [0.1, 0.15) is 5.15 Å². The van der Waals surface area contributed by atoms with Crippen LogP contribution >= 0.6 is 11.6 Å². The highest BCUT2D eigenvalue weighted by Gasteiger charge is 2.09. The molecule has 0 bridgehead atoms. The highest BCUT2D eigenvalue weighted by molar-refractivity contribution is 6.30. The van der Waals surface area contributed by atoms with E-state index >= 15 is 0 Å². The summed E-state index contributed by atoms with van der Waals surface area (Å²) in [5.74, 6) is 0. The molecule has 2 heterocycles. The molecule has 3 heteroatoms. The summed E-state index contributed by atoms with van der Waals surface area (Å²) in [6.45, 7) is 4.11. The van der Waals surface area contributed by atoms with Gasteiger partial charge in [-0.3, -0.25) is 0 Å². The molecule has 0 amide bonds. The Morgan fingerprint density at radius 2 is 1.78 bits per heavy atom. The minimum absolute atomic E-state index is 0.514. The third-order valence-electron chi connectivity index (χ3n) is 3.05. The van der Waals surface area contributed by atoms with Crippen LogP contribution in [0.3, 0.4) is 0 Å². The van der Waals surface area contributed by atoms with E-state index in [1.807, 2.05) is 13.0 Å². The number of aromatic nitrogens is 2. The Kier molecular flexibility index (Phi) is 2.60. The number of nitrogens with one attached hydrogen (secondary N) is 1. The molecule has 3 rings (SSSR count). The van der Waals surface area contributed by atoms with Crippen molar-refractivity contribution < 1.29 is 0 Å². The van der Waals surface area contributed by atoms with Gasteiger partial charge >= 0.3 is 0 Å². The first-order chi connectivity index (χ1) is 8.63. The Morgan fingerprint density at radius 1 is 1.06 bits per heavy atom. The summed E-state index contributed by atoms with van der Waals surface area (Å²) in [5.41, 5.74) is 5.40. The molecule has 3 aromatic rings. The molecule has 0 unspecified atom stereocenters. The number of halogens is 1. The second-order valence-corrected chi connectivity index (χ2v) is 4.96. The number of aryl methyl sites for hydroxylation is 2. The molecule has 0 aliphatic heterocycles. The summed E-state index contributed by atoms with van der Waals surface area (Å²) in [6, 6.07) is 12.3. The van der Waals surface area contributed by atoms with Crippen LogP contribution in [0.15, 0.2) is 36.4 Å². The number of hydrogen-bond acceptors (Lipinski definition) is 1. The van der Waals surface area contributed by atoms with E-state index in [4.69, 9.17) is 11.6 Å². The van der Waals surface area contributed by atoms with Crippen molar-refractivity contribution in [1.82, 2.24) is 9.97 Å². The summed E-state index contributed by atoms with van der Waals surface area (Å²) in [7, 11) is 0. The highest BCUT2D eigenvalue weighted by atomic mass is 35.5. The molecule has 1 N–H and O–H groups in total. The summed E-state index contributed by atoms with van der Waals surface area (Å²) in [4.78, 5) is 7.76. The van der Waals surface area contributed by atoms with E-state index in [1.165, 1.54) is 5.56 Å². The molecule has 0 spiro atoms. The summed E-state index contributed by atoms with van der Waals surface area (Å²) >= 11 is 6.08. The lowest BCUT2D eigenvalue weighted by Crippen LogP contribution is -1.86. The Balaban J connectivity index is 2.30. The van der Waals surface area contributed by atoms with Crippen LogP contribution in [0.25, 0.3) is 22.2 Å². The van der Waals surface area contributed by atoms with Gasteiger partial charge in [-0.15, -0.1) is 0 Å². The van der Waals surface area contributed by atoms with E-state index in [1.54, 1.807) is 0 Å². The van der Waals surface area contributed by atoms with Gasteiger partial charge in [0.05, 0.1) is 11.2 Å². The predicted molar refractivity (Wildman–Crippen MR) is 76.0 cm³/mol. The fraction of sp³-hybridized carbons (Fsp3) is 0.133. The largest absolute Gasteiger partial charge is 0.359 e. The summed E-state index contributed by atoms with van der Waals surface area (Å²) < 4.78 is 0. The van der Waals surface area contributed by atoms with Crippen molar-refractivity contribution in [3.8, 4) is 11.3 Å². The van der Waals surface area contributed by atoms with Crippen LogP contribution in [-0.2, 0) is 0 Å². The maximum atomic E-state index is 6.08. The number of aromatic amines is 1.